The molecule has 2 aromatic heterocycles. The molecule has 56 heavy (non-hydrogen) atoms. The third-order valence-corrected chi connectivity index (χ3v) is 8.93. The average molecular weight is 763 g/mol. The summed E-state index contributed by atoms with van der Waals surface area (Å²) in [5.74, 6) is 14.9. The van der Waals surface area contributed by atoms with E-state index in [-0.39, 0.29) is 43.3 Å². The number of H-pyrrole nitrogens is 2. The van der Waals surface area contributed by atoms with Crippen molar-refractivity contribution in [1.82, 2.24) is 40.4 Å². The van der Waals surface area contributed by atoms with E-state index in [0.29, 0.717) is 30.1 Å². The number of carbonyl (C=O) groups is 4. The summed E-state index contributed by atoms with van der Waals surface area (Å²) in [4.78, 5) is 70.1. The quantitative estimate of drug-likeness (QED) is 0.121. The lowest BCUT2D eigenvalue weighted by Gasteiger charge is -2.29. The molecule has 4 N–H and O–H groups in total. The number of carbonyl (C=O) groups excluding carboxylic acids is 4. The van der Waals surface area contributed by atoms with Crippen molar-refractivity contribution in [1.29, 1.82) is 0 Å². The summed E-state index contributed by atoms with van der Waals surface area (Å²) in [7, 11) is 2.52. The van der Waals surface area contributed by atoms with Gasteiger partial charge in [-0.3, -0.25) is 9.59 Å². The van der Waals surface area contributed by atoms with Crippen molar-refractivity contribution in [3.8, 4) is 36.0 Å². The summed E-state index contributed by atoms with van der Waals surface area (Å²) >= 11 is 0. The number of terminal acetylenes is 1. The number of ether oxygens (including phenoxy) is 2. The molecule has 0 spiro atoms. The standard InChI is InChI=1S/C42H50N8O6/c1-9-11-21-49(39(51)37(27(3)4)47-41(53)55-7)25-35-43-31-19-17-29(23-33(31)45-35)15-13-14-16-30-18-20-32-34(24-30)46-36(44-32)26-50(22-12-10-2)40(52)38(28(5)6)48-42(54)56-8/h1,17-20,23-24,27-28,37-38H,10-12,21-22,25-26H2,2-8H3,(H,43,45)(H,44,46)(H,47,53)(H,48,54). The Balaban J connectivity index is 1.47. The van der Waals surface area contributed by atoms with Crippen LogP contribution < -0.4 is 10.6 Å². The molecule has 0 saturated carbocycles. The van der Waals surface area contributed by atoms with Crippen LogP contribution in [-0.4, -0.2) is 93.1 Å². The second-order valence-electron chi connectivity index (χ2n) is 13.9. The van der Waals surface area contributed by atoms with Gasteiger partial charge in [-0.2, -0.15) is 0 Å². The molecule has 0 fully saturated rings. The van der Waals surface area contributed by atoms with Crippen LogP contribution in [0.4, 0.5) is 9.59 Å². The second kappa shape index (κ2) is 20.3. The molecule has 4 rings (SSSR count). The number of rotatable bonds is 15. The fraction of sp³-hybridized carbons (Fsp3) is 0.429. The van der Waals surface area contributed by atoms with Crippen LogP contribution in [0, 0.1) is 47.9 Å². The number of methoxy groups -OCH3 is 2. The summed E-state index contributed by atoms with van der Waals surface area (Å²) in [6.45, 7) is 10.7. The Morgan fingerprint density at radius 1 is 0.750 bits per heavy atom. The van der Waals surface area contributed by atoms with Gasteiger partial charge in [0.1, 0.15) is 23.7 Å². The molecule has 2 aromatic carbocycles. The maximum absolute atomic E-state index is 13.5. The van der Waals surface area contributed by atoms with Gasteiger partial charge >= 0.3 is 12.2 Å². The molecule has 4 aromatic rings. The topological polar surface area (TPSA) is 175 Å². The Hall–Kier alpha value is -6.46. The number of hydrogen-bond donors (Lipinski definition) is 4. The first kappa shape index (κ1) is 42.3. The molecule has 0 aliphatic rings. The van der Waals surface area contributed by atoms with Crippen LogP contribution in [0.2, 0.25) is 0 Å². The van der Waals surface area contributed by atoms with Crippen LogP contribution in [0.5, 0.6) is 0 Å². The molecule has 0 bridgehead atoms. The zero-order valence-corrected chi connectivity index (χ0v) is 33.0. The lowest BCUT2D eigenvalue weighted by atomic mass is 10.0. The molecule has 294 valence electrons. The third-order valence-electron chi connectivity index (χ3n) is 8.93. The molecule has 0 aliphatic heterocycles. The highest BCUT2D eigenvalue weighted by Gasteiger charge is 2.31. The van der Waals surface area contributed by atoms with E-state index in [1.807, 2.05) is 64.1 Å². The monoisotopic (exact) mass is 762 g/mol. The minimum atomic E-state index is -0.795. The summed E-state index contributed by atoms with van der Waals surface area (Å²) in [6, 6.07) is 9.65. The fourth-order valence-electron chi connectivity index (χ4n) is 5.87. The first-order valence-corrected chi connectivity index (χ1v) is 18.6. The van der Waals surface area contributed by atoms with Gasteiger partial charge in [-0.15, -0.1) is 12.3 Å². The number of benzene rings is 2. The van der Waals surface area contributed by atoms with Crippen LogP contribution in [0.3, 0.4) is 0 Å². The Morgan fingerprint density at radius 3 is 1.59 bits per heavy atom. The Labute approximate surface area is 327 Å². The number of aromatic amines is 2. The predicted molar refractivity (Wildman–Crippen MR) is 213 cm³/mol. The molecule has 0 saturated heterocycles. The highest BCUT2D eigenvalue weighted by atomic mass is 16.5. The number of nitrogens with one attached hydrogen (secondary N) is 4. The molecule has 14 heteroatoms. The zero-order valence-electron chi connectivity index (χ0n) is 33.0. The number of unbranched alkanes of at least 4 members (excludes halogenated alkanes) is 1. The molecular formula is C42H50N8O6. The van der Waals surface area contributed by atoms with Crippen molar-refractivity contribution >= 4 is 46.1 Å². The van der Waals surface area contributed by atoms with Gasteiger partial charge in [0.25, 0.3) is 0 Å². The van der Waals surface area contributed by atoms with E-state index in [1.165, 1.54) is 14.2 Å². The van der Waals surface area contributed by atoms with Gasteiger partial charge in [-0.25, -0.2) is 19.6 Å². The van der Waals surface area contributed by atoms with Gasteiger partial charge in [-0.1, -0.05) is 52.9 Å². The Kier molecular flexibility index (Phi) is 15.3. The van der Waals surface area contributed by atoms with E-state index in [2.05, 4.69) is 62.1 Å². The molecule has 14 nitrogen and oxygen atoms in total. The number of aromatic nitrogens is 4. The second-order valence-corrected chi connectivity index (χ2v) is 13.9. The van der Waals surface area contributed by atoms with Gasteiger partial charge in [0.05, 0.1) is 49.4 Å². The smallest absolute Gasteiger partial charge is 0.407 e. The lowest BCUT2D eigenvalue weighted by Crippen LogP contribution is -2.51. The fourth-order valence-corrected chi connectivity index (χ4v) is 5.87. The number of hydrogen-bond acceptors (Lipinski definition) is 8. The minimum Gasteiger partial charge on any atom is -0.453 e. The molecule has 2 atom stereocenters. The summed E-state index contributed by atoms with van der Waals surface area (Å²) in [6.07, 6.45) is 6.21. The maximum atomic E-state index is 13.5. The van der Waals surface area contributed by atoms with Gasteiger partial charge in [0.15, 0.2) is 0 Å². The first-order valence-electron chi connectivity index (χ1n) is 18.6. The van der Waals surface area contributed by atoms with Crippen LogP contribution in [0.15, 0.2) is 36.4 Å². The maximum Gasteiger partial charge on any atom is 0.407 e. The summed E-state index contributed by atoms with van der Waals surface area (Å²) in [5.41, 5.74) is 4.42. The van der Waals surface area contributed by atoms with E-state index in [0.717, 1.165) is 40.5 Å². The van der Waals surface area contributed by atoms with E-state index >= 15 is 0 Å². The van der Waals surface area contributed by atoms with Crippen LogP contribution >= 0.6 is 0 Å². The van der Waals surface area contributed by atoms with Crippen molar-refractivity contribution in [2.75, 3.05) is 27.3 Å². The van der Waals surface area contributed by atoms with E-state index in [9.17, 15) is 19.2 Å². The molecule has 2 unspecified atom stereocenters. The summed E-state index contributed by atoms with van der Waals surface area (Å²) in [5, 5.41) is 5.29. The van der Waals surface area contributed by atoms with Crippen molar-refractivity contribution in [3.63, 3.8) is 0 Å². The van der Waals surface area contributed by atoms with Crippen molar-refractivity contribution in [2.24, 2.45) is 11.8 Å². The number of amides is 4. The highest BCUT2D eigenvalue weighted by molar-refractivity contribution is 5.87. The van der Waals surface area contributed by atoms with E-state index in [4.69, 9.17) is 20.9 Å². The van der Waals surface area contributed by atoms with Gasteiger partial charge in [0.2, 0.25) is 11.8 Å². The normalized spacial score (nSPS) is 11.8. The van der Waals surface area contributed by atoms with Gasteiger partial charge in [0, 0.05) is 30.6 Å². The van der Waals surface area contributed by atoms with Crippen molar-refractivity contribution in [2.45, 2.75) is 79.1 Å². The Bertz CT molecular complexity index is 2190. The van der Waals surface area contributed by atoms with Crippen LogP contribution in [-0.2, 0) is 32.2 Å². The van der Waals surface area contributed by atoms with E-state index in [1.54, 1.807) is 9.80 Å². The average Bonchev–Trinajstić information content (AvgIpc) is 3.79. The van der Waals surface area contributed by atoms with Gasteiger partial charge in [-0.05, 0) is 66.5 Å². The van der Waals surface area contributed by atoms with Gasteiger partial charge < -0.3 is 39.9 Å². The molecule has 2 heterocycles. The lowest BCUT2D eigenvalue weighted by molar-refractivity contribution is -0.135. The zero-order chi connectivity index (χ0) is 40.8. The largest absolute Gasteiger partial charge is 0.453 e. The predicted octanol–water partition coefficient (Wildman–Crippen LogP) is 5.08. The highest BCUT2D eigenvalue weighted by Crippen LogP contribution is 2.18. The molecule has 0 radical (unpaired) electrons. The number of imidazole rings is 2. The first-order chi connectivity index (χ1) is 26.9. The summed E-state index contributed by atoms with van der Waals surface area (Å²) < 4.78 is 9.46. The van der Waals surface area contributed by atoms with Crippen LogP contribution in [0.1, 0.15) is 76.7 Å². The molecular weight excluding hydrogens is 713 g/mol. The number of alkyl carbamates (subject to hydrolysis) is 2. The number of nitrogens with zero attached hydrogens (tertiary/aromatic N) is 4. The molecule has 4 amide bonds. The SMILES string of the molecule is C#CCCN(Cc1nc2ccc(C#CC#Cc3ccc4nc(CN(CCCC)C(=O)C(NC(=O)OC)C(C)C)[nH]c4c3)cc2[nH]1)C(=O)C(NC(=O)OC)C(C)C. The van der Waals surface area contributed by atoms with Crippen molar-refractivity contribution in [3.05, 3.63) is 59.2 Å². The number of fused-ring (bicyclic) bond motifs is 2. The minimum absolute atomic E-state index is 0.139. The van der Waals surface area contributed by atoms with Crippen LogP contribution in [0.25, 0.3) is 22.1 Å². The van der Waals surface area contributed by atoms with E-state index < -0.39 is 24.3 Å². The molecule has 0 aliphatic carbocycles. The van der Waals surface area contributed by atoms with Crippen molar-refractivity contribution < 1.29 is 28.7 Å². The third kappa shape index (κ3) is 11.5. The Morgan fingerprint density at radius 2 is 1.20 bits per heavy atom.